The molecule has 1 aliphatic heterocycles. The highest BCUT2D eigenvalue weighted by molar-refractivity contribution is 5.52. The summed E-state index contributed by atoms with van der Waals surface area (Å²) < 4.78 is 11.0. The van der Waals surface area contributed by atoms with Gasteiger partial charge in [-0.3, -0.25) is 0 Å². The summed E-state index contributed by atoms with van der Waals surface area (Å²) >= 11 is 0. The Morgan fingerprint density at radius 3 is 2.88 bits per heavy atom. The van der Waals surface area contributed by atoms with Crippen LogP contribution in [0.3, 0.4) is 0 Å². The molecule has 0 aromatic heterocycles. The summed E-state index contributed by atoms with van der Waals surface area (Å²) in [6, 6.07) is 6.10. The Morgan fingerprint density at radius 2 is 2.19 bits per heavy atom. The van der Waals surface area contributed by atoms with Crippen molar-refractivity contribution >= 4 is 0 Å². The van der Waals surface area contributed by atoms with Crippen LogP contribution < -0.4 is 15.2 Å². The lowest BCUT2D eigenvalue weighted by Gasteiger charge is -2.29. The predicted octanol–water partition coefficient (Wildman–Crippen LogP) is 2.04. The molecule has 3 rings (SSSR count). The van der Waals surface area contributed by atoms with E-state index in [0.717, 1.165) is 11.5 Å². The minimum atomic E-state index is 0.0407. The molecule has 1 aliphatic carbocycles. The molecule has 1 fully saturated rings. The summed E-state index contributed by atoms with van der Waals surface area (Å²) in [5.41, 5.74) is 7.23. The first kappa shape index (κ1) is 9.97. The molecule has 16 heavy (non-hydrogen) atoms. The standard InChI is InChI=1S/C13H17NO2/c1-13(7-14,9-5-6-9)10-3-2-4-11-12(10)16-8-15-11/h2-4,9H,5-8,14H2,1H3. The van der Waals surface area contributed by atoms with Crippen molar-refractivity contribution in [1.82, 2.24) is 0 Å². The predicted molar refractivity (Wildman–Crippen MR) is 61.7 cm³/mol. The Morgan fingerprint density at radius 1 is 1.38 bits per heavy atom. The molecule has 2 aliphatic rings. The number of benzene rings is 1. The van der Waals surface area contributed by atoms with E-state index in [1.807, 2.05) is 12.1 Å². The van der Waals surface area contributed by atoms with Crippen molar-refractivity contribution in [1.29, 1.82) is 0 Å². The molecule has 1 atom stereocenters. The fourth-order valence-electron chi connectivity index (χ4n) is 2.60. The zero-order chi connectivity index (χ0) is 11.2. The van der Waals surface area contributed by atoms with E-state index in [9.17, 15) is 0 Å². The number of nitrogens with two attached hydrogens (primary N) is 1. The van der Waals surface area contributed by atoms with Gasteiger partial charge in [-0.15, -0.1) is 0 Å². The topological polar surface area (TPSA) is 44.5 Å². The maximum Gasteiger partial charge on any atom is 0.231 e. The third-order valence-electron chi connectivity index (χ3n) is 3.91. The lowest BCUT2D eigenvalue weighted by Crippen LogP contribution is -2.34. The Hall–Kier alpha value is -1.22. The first-order valence-electron chi connectivity index (χ1n) is 5.85. The average molecular weight is 219 g/mol. The molecule has 86 valence electrons. The van der Waals surface area contributed by atoms with Gasteiger partial charge in [0.15, 0.2) is 11.5 Å². The van der Waals surface area contributed by atoms with Gasteiger partial charge in [0.1, 0.15) is 0 Å². The molecule has 0 amide bonds. The molecular weight excluding hydrogens is 202 g/mol. The van der Waals surface area contributed by atoms with Crippen molar-refractivity contribution in [3.8, 4) is 11.5 Å². The quantitative estimate of drug-likeness (QED) is 0.846. The highest BCUT2D eigenvalue weighted by Crippen LogP contribution is 2.51. The van der Waals surface area contributed by atoms with Crippen molar-refractivity contribution in [2.75, 3.05) is 13.3 Å². The second-order valence-corrected chi connectivity index (χ2v) is 4.94. The smallest absolute Gasteiger partial charge is 0.231 e. The molecule has 0 bridgehead atoms. The fraction of sp³-hybridized carbons (Fsp3) is 0.538. The van der Waals surface area contributed by atoms with Crippen molar-refractivity contribution < 1.29 is 9.47 Å². The van der Waals surface area contributed by atoms with Crippen LogP contribution in [0.15, 0.2) is 18.2 Å². The van der Waals surface area contributed by atoms with E-state index in [1.165, 1.54) is 18.4 Å². The lowest BCUT2D eigenvalue weighted by atomic mass is 9.77. The summed E-state index contributed by atoms with van der Waals surface area (Å²) in [4.78, 5) is 0. The first-order valence-corrected chi connectivity index (χ1v) is 5.85. The van der Waals surface area contributed by atoms with Crippen LogP contribution >= 0.6 is 0 Å². The number of fused-ring (bicyclic) bond motifs is 1. The van der Waals surface area contributed by atoms with Gasteiger partial charge in [0.25, 0.3) is 0 Å². The maximum absolute atomic E-state index is 5.98. The van der Waals surface area contributed by atoms with E-state index in [4.69, 9.17) is 15.2 Å². The van der Waals surface area contributed by atoms with E-state index in [-0.39, 0.29) is 5.41 Å². The molecule has 3 nitrogen and oxygen atoms in total. The van der Waals surface area contributed by atoms with Crippen LogP contribution in [0.25, 0.3) is 0 Å². The SMILES string of the molecule is CC(CN)(c1cccc2c1OCO2)C1CC1. The van der Waals surface area contributed by atoms with Crippen LogP contribution in [0.4, 0.5) is 0 Å². The van der Waals surface area contributed by atoms with Crippen molar-refractivity contribution in [2.24, 2.45) is 11.7 Å². The number of para-hydroxylation sites is 1. The third-order valence-corrected chi connectivity index (χ3v) is 3.91. The largest absolute Gasteiger partial charge is 0.454 e. The lowest BCUT2D eigenvalue weighted by molar-refractivity contribution is 0.171. The number of rotatable bonds is 3. The summed E-state index contributed by atoms with van der Waals surface area (Å²) in [5, 5.41) is 0. The summed E-state index contributed by atoms with van der Waals surface area (Å²) in [5.74, 6) is 2.47. The highest BCUT2D eigenvalue weighted by atomic mass is 16.7. The van der Waals surface area contributed by atoms with Gasteiger partial charge in [-0.1, -0.05) is 19.1 Å². The van der Waals surface area contributed by atoms with Crippen molar-refractivity contribution in [2.45, 2.75) is 25.2 Å². The minimum absolute atomic E-state index is 0.0407. The molecule has 1 saturated carbocycles. The Balaban J connectivity index is 2.08. The monoisotopic (exact) mass is 219 g/mol. The minimum Gasteiger partial charge on any atom is -0.454 e. The van der Waals surface area contributed by atoms with Gasteiger partial charge >= 0.3 is 0 Å². The van der Waals surface area contributed by atoms with Gasteiger partial charge in [0.05, 0.1) is 0 Å². The molecule has 3 heteroatoms. The summed E-state index contributed by atoms with van der Waals surface area (Å²) in [6.45, 7) is 3.23. The number of hydrogen-bond acceptors (Lipinski definition) is 3. The van der Waals surface area contributed by atoms with E-state index < -0.39 is 0 Å². The molecule has 1 heterocycles. The Labute approximate surface area is 95.5 Å². The van der Waals surface area contributed by atoms with Crippen LogP contribution in [-0.2, 0) is 5.41 Å². The summed E-state index contributed by atoms with van der Waals surface area (Å²) in [7, 11) is 0. The molecule has 1 aromatic rings. The van der Waals surface area contributed by atoms with E-state index in [1.54, 1.807) is 0 Å². The van der Waals surface area contributed by atoms with Gasteiger partial charge < -0.3 is 15.2 Å². The van der Waals surface area contributed by atoms with Crippen LogP contribution in [0, 0.1) is 5.92 Å². The molecule has 1 unspecified atom stereocenters. The second kappa shape index (κ2) is 3.39. The number of ether oxygens (including phenoxy) is 2. The number of hydrogen-bond donors (Lipinski definition) is 1. The fourth-order valence-corrected chi connectivity index (χ4v) is 2.60. The van der Waals surface area contributed by atoms with E-state index in [0.29, 0.717) is 19.3 Å². The normalized spacial score (nSPS) is 21.9. The molecule has 1 aromatic carbocycles. The molecule has 0 radical (unpaired) electrons. The van der Waals surface area contributed by atoms with Crippen molar-refractivity contribution in [3.63, 3.8) is 0 Å². The average Bonchev–Trinajstić information content (AvgIpc) is 3.06. The maximum atomic E-state index is 5.98. The molecule has 2 N–H and O–H groups in total. The van der Waals surface area contributed by atoms with Crippen LogP contribution in [0.5, 0.6) is 11.5 Å². The first-order chi connectivity index (χ1) is 7.75. The van der Waals surface area contributed by atoms with Gasteiger partial charge in [-0.25, -0.2) is 0 Å². The van der Waals surface area contributed by atoms with Gasteiger partial charge in [0.2, 0.25) is 6.79 Å². The Bertz CT molecular complexity index is 414. The Kier molecular flexibility index (Phi) is 2.11. The van der Waals surface area contributed by atoms with E-state index >= 15 is 0 Å². The van der Waals surface area contributed by atoms with Gasteiger partial charge in [-0.2, -0.15) is 0 Å². The van der Waals surface area contributed by atoms with Crippen molar-refractivity contribution in [3.05, 3.63) is 23.8 Å². The van der Waals surface area contributed by atoms with Crippen LogP contribution in [0.2, 0.25) is 0 Å². The molecule has 0 spiro atoms. The molecule has 0 saturated heterocycles. The zero-order valence-corrected chi connectivity index (χ0v) is 9.53. The molecular formula is C13H17NO2. The van der Waals surface area contributed by atoms with Gasteiger partial charge in [0, 0.05) is 17.5 Å². The van der Waals surface area contributed by atoms with Crippen LogP contribution in [0.1, 0.15) is 25.3 Å². The third kappa shape index (κ3) is 1.31. The zero-order valence-electron chi connectivity index (χ0n) is 9.53. The summed E-state index contributed by atoms with van der Waals surface area (Å²) in [6.07, 6.45) is 2.55. The second-order valence-electron chi connectivity index (χ2n) is 4.94. The van der Waals surface area contributed by atoms with E-state index in [2.05, 4.69) is 13.0 Å². The van der Waals surface area contributed by atoms with Crippen LogP contribution in [-0.4, -0.2) is 13.3 Å². The van der Waals surface area contributed by atoms with Gasteiger partial charge in [-0.05, 0) is 24.8 Å². The highest BCUT2D eigenvalue weighted by Gasteiger charge is 2.44.